The van der Waals surface area contributed by atoms with Crippen molar-refractivity contribution in [1.82, 2.24) is 0 Å². The average molecular weight is 233 g/mol. The van der Waals surface area contributed by atoms with Crippen molar-refractivity contribution in [3.05, 3.63) is 29.8 Å². The number of aliphatic hydroxyl groups excluding tert-OH is 1. The maximum absolute atomic E-state index is 9.51. The van der Waals surface area contributed by atoms with Crippen LogP contribution in [0.3, 0.4) is 0 Å². The third kappa shape index (κ3) is 2.81. The van der Waals surface area contributed by atoms with E-state index in [1.807, 2.05) is 12.1 Å². The fraction of sp³-hybridized carbons (Fsp3) is 0.600. The second-order valence-corrected chi connectivity index (χ2v) is 5.45. The summed E-state index contributed by atoms with van der Waals surface area (Å²) < 4.78 is 0. The quantitative estimate of drug-likeness (QED) is 0.846. The van der Waals surface area contributed by atoms with Crippen LogP contribution in [0.4, 0.5) is 5.69 Å². The molecule has 3 atom stereocenters. The number of anilines is 1. The van der Waals surface area contributed by atoms with Crippen LogP contribution in [-0.2, 0) is 0 Å². The van der Waals surface area contributed by atoms with Crippen molar-refractivity contribution < 1.29 is 5.11 Å². The van der Waals surface area contributed by atoms with E-state index in [9.17, 15) is 5.11 Å². The molecule has 1 saturated heterocycles. The molecule has 2 rings (SSSR count). The van der Waals surface area contributed by atoms with Gasteiger partial charge in [0.15, 0.2) is 0 Å². The van der Waals surface area contributed by atoms with Crippen LogP contribution in [0, 0.1) is 5.92 Å². The van der Waals surface area contributed by atoms with E-state index in [-0.39, 0.29) is 6.10 Å². The van der Waals surface area contributed by atoms with Gasteiger partial charge in [0.2, 0.25) is 0 Å². The number of hydrogen-bond acceptors (Lipinski definition) is 2. The van der Waals surface area contributed by atoms with Crippen molar-refractivity contribution in [2.75, 3.05) is 11.4 Å². The molecule has 0 amide bonds. The zero-order valence-corrected chi connectivity index (χ0v) is 11.1. The standard InChI is InChI=1S/C15H23NO/c1-11-4-5-12(2)16(10-11)15-8-6-14(7-9-15)13(3)17/h6-9,11-13,17H,4-5,10H2,1-3H3. The zero-order chi connectivity index (χ0) is 12.4. The topological polar surface area (TPSA) is 23.5 Å². The lowest BCUT2D eigenvalue weighted by Gasteiger charge is -2.38. The molecule has 0 spiro atoms. The molecule has 0 aromatic heterocycles. The minimum Gasteiger partial charge on any atom is -0.389 e. The zero-order valence-electron chi connectivity index (χ0n) is 11.1. The highest BCUT2D eigenvalue weighted by Crippen LogP contribution is 2.28. The Morgan fingerprint density at radius 1 is 1.18 bits per heavy atom. The summed E-state index contributed by atoms with van der Waals surface area (Å²) in [5.41, 5.74) is 2.28. The van der Waals surface area contributed by atoms with Crippen molar-refractivity contribution in [2.45, 2.75) is 45.8 Å². The molecule has 0 aliphatic carbocycles. The van der Waals surface area contributed by atoms with Crippen molar-refractivity contribution in [2.24, 2.45) is 5.92 Å². The Bertz CT molecular complexity index is 358. The van der Waals surface area contributed by atoms with Crippen molar-refractivity contribution in [3.8, 4) is 0 Å². The van der Waals surface area contributed by atoms with E-state index in [4.69, 9.17) is 0 Å². The average Bonchev–Trinajstić information content (AvgIpc) is 2.32. The van der Waals surface area contributed by atoms with Gasteiger partial charge < -0.3 is 10.0 Å². The molecule has 0 bridgehead atoms. The normalized spacial score (nSPS) is 26.9. The van der Waals surface area contributed by atoms with Gasteiger partial charge in [-0.3, -0.25) is 0 Å². The Morgan fingerprint density at radius 2 is 1.82 bits per heavy atom. The molecule has 1 aliphatic rings. The lowest BCUT2D eigenvalue weighted by atomic mass is 9.94. The van der Waals surface area contributed by atoms with Crippen LogP contribution >= 0.6 is 0 Å². The van der Waals surface area contributed by atoms with Gasteiger partial charge in [-0.25, -0.2) is 0 Å². The lowest BCUT2D eigenvalue weighted by molar-refractivity contribution is 0.199. The SMILES string of the molecule is CC1CCC(C)N(c2ccc(C(C)O)cc2)C1. The summed E-state index contributed by atoms with van der Waals surface area (Å²) in [7, 11) is 0. The van der Waals surface area contributed by atoms with Crippen LogP contribution in [-0.4, -0.2) is 17.7 Å². The number of nitrogens with zero attached hydrogens (tertiary/aromatic N) is 1. The van der Waals surface area contributed by atoms with Crippen molar-refractivity contribution in [1.29, 1.82) is 0 Å². The highest BCUT2D eigenvalue weighted by atomic mass is 16.3. The van der Waals surface area contributed by atoms with Crippen LogP contribution in [0.15, 0.2) is 24.3 Å². The summed E-state index contributed by atoms with van der Waals surface area (Å²) >= 11 is 0. The first-order valence-electron chi connectivity index (χ1n) is 6.62. The molecule has 2 nitrogen and oxygen atoms in total. The molecule has 1 N–H and O–H groups in total. The van der Waals surface area contributed by atoms with Gasteiger partial charge in [0.1, 0.15) is 0 Å². The molecule has 94 valence electrons. The summed E-state index contributed by atoms with van der Waals surface area (Å²) in [6, 6.07) is 8.97. The van der Waals surface area contributed by atoms with E-state index in [1.165, 1.54) is 18.5 Å². The fourth-order valence-corrected chi connectivity index (χ4v) is 2.59. The summed E-state index contributed by atoms with van der Waals surface area (Å²) in [6.07, 6.45) is 2.24. The van der Waals surface area contributed by atoms with Crippen LogP contribution < -0.4 is 4.90 Å². The van der Waals surface area contributed by atoms with E-state index in [0.29, 0.717) is 6.04 Å². The fourth-order valence-electron chi connectivity index (χ4n) is 2.59. The molecule has 17 heavy (non-hydrogen) atoms. The minimum atomic E-state index is -0.373. The van der Waals surface area contributed by atoms with E-state index in [0.717, 1.165) is 18.0 Å². The largest absolute Gasteiger partial charge is 0.389 e. The highest BCUT2D eigenvalue weighted by molar-refractivity contribution is 5.49. The van der Waals surface area contributed by atoms with E-state index >= 15 is 0 Å². The van der Waals surface area contributed by atoms with Gasteiger partial charge in [-0.05, 0) is 50.3 Å². The first kappa shape index (κ1) is 12.4. The number of hydrogen-bond donors (Lipinski definition) is 1. The van der Waals surface area contributed by atoms with Crippen LogP contribution in [0.2, 0.25) is 0 Å². The van der Waals surface area contributed by atoms with E-state index < -0.39 is 0 Å². The minimum absolute atomic E-state index is 0.373. The maximum atomic E-state index is 9.51. The van der Waals surface area contributed by atoms with Crippen molar-refractivity contribution in [3.63, 3.8) is 0 Å². The van der Waals surface area contributed by atoms with Gasteiger partial charge in [0.25, 0.3) is 0 Å². The van der Waals surface area contributed by atoms with Gasteiger partial charge in [-0.2, -0.15) is 0 Å². The maximum Gasteiger partial charge on any atom is 0.0761 e. The predicted octanol–water partition coefficient (Wildman–Crippen LogP) is 3.36. The summed E-state index contributed by atoms with van der Waals surface area (Å²) in [5, 5.41) is 9.51. The third-order valence-corrected chi connectivity index (χ3v) is 3.82. The molecule has 0 radical (unpaired) electrons. The van der Waals surface area contributed by atoms with Gasteiger partial charge in [-0.15, -0.1) is 0 Å². The molecule has 1 heterocycles. The molecule has 0 saturated carbocycles. The van der Waals surface area contributed by atoms with Gasteiger partial charge in [-0.1, -0.05) is 19.1 Å². The van der Waals surface area contributed by atoms with Crippen LogP contribution in [0.1, 0.15) is 45.3 Å². The van der Waals surface area contributed by atoms with Gasteiger partial charge in [0.05, 0.1) is 6.10 Å². The number of aliphatic hydroxyl groups is 1. The van der Waals surface area contributed by atoms with E-state index in [2.05, 4.69) is 30.9 Å². The van der Waals surface area contributed by atoms with Crippen LogP contribution in [0.5, 0.6) is 0 Å². The monoisotopic (exact) mass is 233 g/mol. The molecular formula is C15H23NO. The summed E-state index contributed by atoms with van der Waals surface area (Å²) in [6.45, 7) is 7.58. The summed E-state index contributed by atoms with van der Waals surface area (Å²) in [5.74, 6) is 0.780. The second kappa shape index (κ2) is 5.09. The van der Waals surface area contributed by atoms with E-state index in [1.54, 1.807) is 6.92 Å². The third-order valence-electron chi connectivity index (χ3n) is 3.82. The number of benzene rings is 1. The Hall–Kier alpha value is -1.02. The highest BCUT2D eigenvalue weighted by Gasteiger charge is 2.22. The molecule has 1 aliphatic heterocycles. The Kier molecular flexibility index (Phi) is 3.72. The van der Waals surface area contributed by atoms with Crippen molar-refractivity contribution >= 4 is 5.69 Å². The molecule has 2 heteroatoms. The first-order chi connectivity index (χ1) is 8.08. The van der Waals surface area contributed by atoms with Crippen LogP contribution in [0.25, 0.3) is 0 Å². The number of rotatable bonds is 2. The molecule has 1 fully saturated rings. The molecule has 1 aromatic carbocycles. The predicted molar refractivity (Wildman–Crippen MR) is 72.3 cm³/mol. The van der Waals surface area contributed by atoms with Gasteiger partial charge in [0, 0.05) is 18.3 Å². The van der Waals surface area contributed by atoms with Gasteiger partial charge >= 0.3 is 0 Å². The second-order valence-electron chi connectivity index (χ2n) is 5.45. The Labute approximate surface area is 104 Å². The molecule has 3 unspecified atom stereocenters. The number of piperidine rings is 1. The lowest BCUT2D eigenvalue weighted by Crippen LogP contribution is -2.41. The smallest absolute Gasteiger partial charge is 0.0761 e. The summed E-state index contributed by atoms with van der Waals surface area (Å²) in [4.78, 5) is 2.49. The molecule has 1 aromatic rings. The Morgan fingerprint density at radius 3 is 2.41 bits per heavy atom. The first-order valence-corrected chi connectivity index (χ1v) is 6.62. The molecular weight excluding hydrogens is 210 g/mol. The Balaban J connectivity index is 2.15.